The number of H-pyrrole nitrogens is 1. The van der Waals surface area contributed by atoms with Crippen LogP contribution in [0.4, 0.5) is 8.78 Å². The van der Waals surface area contributed by atoms with Crippen molar-refractivity contribution in [2.45, 2.75) is 6.92 Å². The van der Waals surface area contributed by atoms with E-state index in [1.807, 2.05) is 13.0 Å². The Bertz CT molecular complexity index is 826. The van der Waals surface area contributed by atoms with Gasteiger partial charge in [-0.3, -0.25) is 5.10 Å². The van der Waals surface area contributed by atoms with Crippen LogP contribution in [0.1, 0.15) is 5.56 Å². The number of aliphatic hydroxyl groups excluding tert-OH is 1. The Hall–Kier alpha value is -2.73. The minimum Gasteiger partial charge on any atom is -0.467 e. The van der Waals surface area contributed by atoms with Gasteiger partial charge in [0.1, 0.15) is 17.4 Å². The van der Waals surface area contributed by atoms with Crippen molar-refractivity contribution in [3.05, 3.63) is 59.7 Å². The maximum Gasteiger partial charge on any atom is 0.186 e. The van der Waals surface area contributed by atoms with Crippen LogP contribution in [0.25, 0.3) is 22.5 Å². The van der Waals surface area contributed by atoms with Crippen LogP contribution in [-0.2, 0) is 0 Å². The molecule has 1 aromatic heterocycles. The van der Waals surface area contributed by atoms with Crippen LogP contribution in [0.15, 0.2) is 42.5 Å². The molecule has 4 nitrogen and oxygen atoms in total. The molecule has 0 aliphatic rings. The fourth-order valence-corrected chi connectivity index (χ4v) is 2.37. The lowest BCUT2D eigenvalue weighted by Gasteiger charge is -2.07. The highest BCUT2D eigenvalue weighted by Crippen LogP contribution is 2.28. The van der Waals surface area contributed by atoms with Gasteiger partial charge in [0.25, 0.3) is 0 Å². The monoisotopic (exact) mass is 316 g/mol. The lowest BCUT2D eigenvalue weighted by molar-refractivity contribution is 0.0979. The molecule has 0 saturated heterocycles. The molecule has 2 N–H and O–H groups in total. The zero-order valence-electron chi connectivity index (χ0n) is 12.3. The minimum absolute atomic E-state index is 0.363. The topological polar surface area (TPSA) is 58.1 Å². The van der Waals surface area contributed by atoms with Gasteiger partial charge in [0.2, 0.25) is 0 Å². The Morgan fingerprint density at radius 2 is 1.78 bits per heavy atom. The van der Waals surface area contributed by atoms with E-state index in [2.05, 4.69) is 10.2 Å². The number of rotatable bonds is 4. The summed E-state index contributed by atoms with van der Waals surface area (Å²) in [6.07, 6.45) is 0. The molecule has 3 aromatic rings. The second-order valence-corrected chi connectivity index (χ2v) is 5.08. The number of hydrogen-bond donors (Lipinski definition) is 2. The number of aromatic amines is 1. The number of halogens is 2. The molecule has 0 fully saturated rings. The van der Waals surface area contributed by atoms with E-state index < -0.39 is 11.6 Å². The van der Waals surface area contributed by atoms with Crippen molar-refractivity contribution >= 4 is 0 Å². The molecule has 0 amide bonds. The molecule has 6 heteroatoms. The summed E-state index contributed by atoms with van der Waals surface area (Å²) in [6.45, 7) is 1.47. The highest BCUT2D eigenvalue weighted by Gasteiger charge is 2.10. The number of benzene rings is 2. The molecule has 0 atom stereocenters. The molecule has 0 spiro atoms. The zero-order chi connectivity index (χ0) is 16.4. The second kappa shape index (κ2) is 6.18. The molecule has 0 aliphatic carbocycles. The predicted molar refractivity (Wildman–Crippen MR) is 81.8 cm³/mol. The van der Waals surface area contributed by atoms with Crippen molar-refractivity contribution in [3.8, 4) is 28.3 Å². The molecule has 0 saturated carbocycles. The van der Waals surface area contributed by atoms with Gasteiger partial charge in [-0.05, 0) is 48.9 Å². The van der Waals surface area contributed by atoms with E-state index in [9.17, 15) is 8.78 Å². The smallest absolute Gasteiger partial charge is 0.186 e. The molecule has 1 heterocycles. The van der Waals surface area contributed by atoms with Crippen LogP contribution in [-0.4, -0.2) is 22.1 Å². The third kappa shape index (κ3) is 3.22. The number of aryl methyl sites for hydroxylation is 1. The van der Waals surface area contributed by atoms with Crippen molar-refractivity contribution in [1.29, 1.82) is 0 Å². The minimum atomic E-state index is -0.647. The van der Waals surface area contributed by atoms with E-state index >= 15 is 0 Å². The van der Waals surface area contributed by atoms with Crippen molar-refractivity contribution in [3.63, 3.8) is 0 Å². The Balaban J connectivity index is 1.94. The molecule has 3 rings (SSSR count). The van der Waals surface area contributed by atoms with Crippen LogP contribution < -0.4 is 4.74 Å². The summed E-state index contributed by atoms with van der Waals surface area (Å²) in [7, 11) is 0. The molecule has 118 valence electrons. The Kier molecular flexibility index (Phi) is 4.08. The number of aliphatic hydroxyl groups is 1. The quantitative estimate of drug-likeness (QED) is 0.722. The SMILES string of the molecule is Cc1cc(-c2cc(-c3cc(F)cc(F)c3)n[nH]2)ccc1OCO. The third-order valence-corrected chi connectivity index (χ3v) is 3.44. The first-order chi connectivity index (χ1) is 11.1. The summed E-state index contributed by atoms with van der Waals surface area (Å²) in [5.74, 6) is -0.708. The van der Waals surface area contributed by atoms with Crippen LogP contribution in [0, 0.1) is 18.6 Å². The number of ether oxygens (including phenoxy) is 1. The van der Waals surface area contributed by atoms with E-state index in [-0.39, 0.29) is 6.79 Å². The molecular formula is C17H14F2N2O2. The second-order valence-electron chi connectivity index (χ2n) is 5.08. The first kappa shape index (κ1) is 15.2. The van der Waals surface area contributed by atoms with Gasteiger partial charge in [0.15, 0.2) is 6.79 Å². The highest BCUT2D eigenvalue weighted by molar-refractivity contribution is 5.69. The molecular weight excluding hydrogens is 302 g/mol. The summed E-state index contributed by atoms with van der Waals surface area (Å²) in [5, 5.41) is 15.8. The number of nitrogens with one attached hydrogen (secondary N) is 1. The van der Waals surface area contributed by atoms with Crippen molar-refractivity contribution in [1.82, 2.24) is 10.2 Å². The molecule has 0 radical (unpaired) electrons. The molecule has 0 unspecified atom stereocenters. The summed E-state index contributed by atoms with van der Waals surface area (Å²) in [5.41, 5.74) is 3.23. The van der Waals surface area contributed by atoms with Crippen molar-refractivity contribution < 1.29 is 18.6 Å². The maximum atomic E-state index is 13.3. The van der Waals surface area contributed by atoms with Gasteiger partial charge >= 0.3 is 0 Å². The predicted octanol–water partition coefficient (Wildman–Crippen LogP) is 3.66. The summed E-state index contributed by atoms with van der Waals surface area (Å²) < 4.78 is 31.7. The molecule has 2 aromatic carbocycles. The van der Waals surface area contributed by atoms with Gasteiger partial charge in [0.05, 0.1) is 11.4 Å². The fraction of sp³-hybridized carbons (Fsp3) is 0.118. The molecule has 0 bridgehead atoms. The number of nitrogens with zero attached hydrogens (tertiary/aromatic N) is 1. The Labute approximate surface area is 131 Å². The van der Waals surface area contributed by atoms with Gasteiger partial charge in [-0.1, -0.05) is 0 Å². The van der Waals surface area contributed by atoms with E-state index in [4.69, 9.17) is 9.84 Å². The maximum absolute atomic E-state index is 13.3. The zero-order valence-corrected chi connectivity index (χ0v) is 12.3. The summed E-state index contributed by atoms with van der Waals surface area (Å²) in [4.78, 5) is 0. The molecule has 23 heavy (non-hydrogen) atoms. The lowest BCUT2D eigenvalue weighted by atomic mass is 10.1. The fourth-order valence-electron chi connectivity index (χ4n) is 2.37. The van der Waals surface area contributed by atoms with E-state index in [1.54, 1.807) is 18.2 Å². The Morgan fingerprint density at radius 1 is 1.04 bits per heavy atom. The van der Waals surface area contributed by atoms with Crippen LogP contribution in [0.5, 0.6) is 5.75 Å². The van der Waals surface area contributed by atoms with Crippen LogP contribution in [0.3, 0.4) is 0 Å². The van der Waals surface area contributed by atoms with Crippen molar-refractivity contribution in [2.24, 2.45) is 0 Å². The number of hydrogen-bond acceptors (Lipinski definition) is 3. The first-order valence-electron chi connectivity index (χ1n) is 6.93. The number of aromatic nitrogens is 2. The van der Waals surface area contributed by atoms with Crippen LogP contribution >= 0.6 is 0 Å². The third-order valence-electron chi connectivity index (χ3n) is 3.44. The standard InChI is InChI=1S/C17H14F2N2O2/c1-10-4-11(2-3-17(10)23-9-22)15-8-16(21-20-15)12-5-13(18)7-14(19)6-12/h2-8,22H,9H2,1H3,(H,20,21). The Morgan fingerprint density at radius 3 is 2.43 bits per heavy atom. The van der Waals surface area contributed by atoms with Gasteiger partial charge in [0, 0.05) is 17.2 Å². The van der Waals surface area contributed by atoms with Crippen LogP contribution in [0.2, 0.25) is 0 Å². The van der Waals surface area contributed by atoms with E-state index in [1.165, 1.54) is 12.1 Å². The lowest BCUT2D eigenvalue weighted by Crippen LogP contribution is -1.96. The van der Waals surface area contributed by atoms with Gasteiger partial charge in [-0.25, -0.2) is 8.78 Å². The average Bonchev–Trinajstić information content (AvgIpc) is 2.98. The summed E-state index contributed by atoms with van der Waals surface area (Å²) >= 11 is 0. The van der Waals surface area contributed by atoms with Gasteiger partial charge in [-0.2, -0.15) is 5.10 Å². The normalized spacial score (nSPS) is 10.8. The van der Waals surface area contributed by atoms with Gasteiger partial charge in [-0.15, -0.1) is 0 Å². The summed E-state index contributed by atoms with van der Waals surface area (Å²) in [6, 6.07) is 10.4. The largest absolute Gasteiger partial charge is 0.467 e. The highest BCUT2D eigenvalue weighted by atomic mass is 19.1. The average molecular weight is 316 g/mol. The first-order valence-corrected chi connectivity index (χ1v) is 6.93. The van der Waals surface area contributed by atoms with E-state index in [0.29, 0.717) is 22.7 Å². The molecule has 0 aliphatic heterocycles. The van der Waals surface area contributed by atoms with Gasteiger partial charge < -0.3 is 9.84 Å². The van der Waals surface area contributed by atoms with E-state index in [0.717, 1.165) is 17.2 Å². The van der Waals surface area contributed by atoms with Crippen molar-refractivity contribution in [2.75, 3.05) is 6.79 Å².